The van der Waals surface area contributed by atoms with Crippen molar-refractivity contribution in [3.05, 3.63) is 71.8 Å². The second-order valence-electron chi connectivity index (χ2n) is 28.6. The Labute approximate surface area is 571 Å². The van der Waals surface area contributed by atoms with Gasteiger partial charge in [-0.05, 0) is 86.5 Å². The summed E-state index contributed by atoms with van der Waals surface area (Å²) in [6.45, 7) is 14.6. The van der Waals surface area contributed by atoms with E-state index in [0.29, 0.717) is 43.2 Å². The van der Waals surface area contributed by atoms with E-state index in [1.54, 1.807) is 31.4 Å². The summed E-state index contributed by atoms with van der Waals surface area (Å²) in [6, 6.07) is 4.42. The van der Waals surface area contributed by atoms with Crippen LogP contribution in [0.4, 0.5) is 0 Å². The lowest BCUT2D eigenvalue weighted by Gasteiger charge is -2.47. The van der Waals surface area contributed by atoms with Gasteiger partial charge in [-0.2, -0.15) is 0 Å². The third-order valence-corrected chi connectivity index (χ3v) is 21.3. The Kier molecular flexibility index (Phi) is 24.5. The maximum atomic E-state index is 14.5. The minimum atomic E-state index is -1.29. The van der Waals surface area contributed by atoms with Crippen LogP contribution in [0.15, 0.2) is 60.7 Å². The lowest BCUT2D eigenvalue weighted by molar-refractivity contribution is -0.292. The number of carbonyl (C=O) groups is 9. The average molecular weight is 1370 g/mol. The van der Waals surface area contributed by atoms with Crippen LogP contribution in [0.2, 0.25) is 0 Å². The molecule has 12 bridgehead atoms. The van der Waals surface area contributed by atoms with Crippen molar-refractivity contribution in [1.82, 2.24) is 15.5 Å². The molecule has 538 valence electrons. The Bertz CT molecular complexity index is 3120. The van der Waals surface area contributed by atoms with Crippen LogP contribution in [0.25, 0.3) is 0 Å². The standard InChI is InChI=1S/C72H98N4O22/c1-38-27-47-12-14-54-39(2)28-49(91-54)19-21-72-36-59-67(97-72)68-69(96-59)70(98-72)66-55(95-68)15-13-48(93-66)31-46(78)32-50-57(35-56(92-47)41(38)4)94-58(65(50)87-6)33-45(77)11-18-64(85)90-37-44-9-7-43(8-10-44)30-53(80)51(34-60(73)81)75-71(86)40(3)29-52(79)42(5)74-61(82)20-23-88-25-26-89-24-22-76-62(83)16-17-63(76)84/h7-10,16-17,38,40,42,45,47-51,54-59,65-70,77H,2,4,11-15,18-37H2,1,3,5-6H3,(H2,73,81)(H,74,82)(H,75,86)/t38-,40-,42+,45-,47?,48-,49+,50?,51+,54+,55+,56-,57+,58-,59?,65-,66+,67+,68+,69-,70+,72+/m1/s1. The lowest BCUT2D eigenvalue weighted by atomic mass is 9.81. The van der Waals surface area contributed by atoms with Gasteiger partial charge < -0.3 is 78.3 Å². The number of hydrogen-bond acceptors (Lipinski definition) is 22. The molecule has 26 heteroatoms. The summed E-state index contributed by atoms with van der Waals surface area (Å²) in [5.74, 6) is -6.31. The predicted molar refractivity (Wildman–Crippen MR) is 346 cm³/mol. The normalized spacial score (nSPS) is 34.7. The van der Waals surface area contributed by atoms with Crippen molar-refractivity contribution in [2.75, 3.05) is 40.1 Å². The fraction of sp³-hybridized carbons (Fsp3) is 0.708. The minimum Gasteiger partial charge on any atom is -0.461 e. The number of amides is 5. The topological polar surface area (TPSA) is 338 Å². The van der Waals surface area contributed by atoms with Crippen molar-refractivity contribution in [2.45, 2.75) is 265 Å². The number of nitrogens with two attached hydrogens (primary N) is 1. The molecule has 1 aromatic rings. The zero-order valence-corrected chi connectivity index (χ0v) is 56.7. The summed E-state index contributed by atoms with van der Waals surface area (Å²) in [6.07, 6.45) is 2.89. The molecule has 0 saturated carbocycles. The molecule has 1 spiro atoms. The Morgan fingerprint density at radius 1 is 0.714 bits per heavy atom. The Morgan fingerprint density at radius 3 is 2.16 bits per heavy atom. The fourth-order valence-corrected chi connectivity index (χ4v) is 15.9. The zero-order valence-electron chi connectivity index (χ0n) is 56.7. The molecule has 22 atom stereocenters. The van der Waals surface area contributed by atoms with E-state index in [2.05, 4.69) is 30.7 Å². The van der Waals surface area contributed by atoms with Crippen LogP contribution in [0, 0.1) is 17.8 Å². The van der Waals surface area contributed by atoms with Crippen LogP contribution in [0.3, 0.4) is 0 Å². The number of aliphatic hydroxyl groups excluding tert-OH is 1. The number of ether oxygens (including phenoxy) is 12. The first-order chi connectivity index (χ1) is 47.0. The van der Waals surface area contributed by atoms with Crippen LogP contribution < -0.4 is 16.4 Å². The zero-order chi connectivity index (χ0) is 69.5. The largest absolute Gasteiger partial charge is 0.461 e. The van der Waals surface area contributed by atoms with E-state index in [9.17, 15) is 48.3 Å². The molecular formula is C72H98N4O22. The van der Waals surface area contributed by atoms with Gasteiger partial charge in [0.15, 0.2) is 17.4 Å². The number of Topliss-reactive ketones (excluding diaryl/α,β-unsaturated/α-hetero) is 3. The highest BCUT2D eigenvalue weighted by Gasteiger charge is 2.69. The Morgan fingerprint density at radius 2 is 1.41 bits per heavy atom. The molecule has 0 aliphatic carbocycles. The number of aliphatic hydroxyl groups is 1. The van der Waals surface area contributed by atoms with Gasteiger partial charge in [-0.15, -0.1) is 0 Å². The number of nitrogens with one attached hydrogen (secondary N) is 2. The predicted octanol–water partition coefficient (Wildman–Crippen LogP) is 3.92. The van der Waals surface area contributed by atoms with Gasteiger partial charge in [0.05, 0.1) is 119 Å². The number of primary amides is 1. The van der Waals surface area contributed by atoms with E-state index < -0.39 is 120 Å². The van der Waals surface area contributed by atoms with E-state index in [0.717, 1.165) is 48.2 Å². The molecule has 3 unspecified atom stereocenters. The van der Waals surface area contributed by atoms with Crippen molar-refractivity contribution in [3.8, 4) is 0 Å². The van der Waals surface area contributed by atoms with E-state index in [-0.39, 0.29) is 164 Å². The Balaban J connectivity index is 0.632. The number of fused-ring (bicyclic) bond motifs is 6. The van der Waals surface area contributed by atoms with Gasteiger partial charge in [0, 0.05) is 95.3 Å². The van der Waals surface area contributed by atoms with Crippen LogP contribution >= 0.6 is 0 Å². The first-order valence-corrected chi connectivity index (χ1v) is 35.2. The number of carbonyl (C=O) groups excluding carboxylic acids is 9. The summed E-state index contributed by atoms with van der Waals surface area (Å²) in [7, 11) is 1.59. The molecule has 98 heavy (non-hydrogen) atoms. The van der Waals surface area contributed by atoms with Crippen molar-refractivity contribution >= 4 is 52.9 Å². The van der Waals surface area contributed by atoms with Crippen LogP contribution in [0.1, 0.15) is 147 Å². The number of methoxy groups -OCH3 is 1. The molecule has 12 rings (SSSR count). The van der Waals surface area contributed by atoms with Gasteiger partial charge in [0.1, 0.15) is 42.9 Å². The maximum Gasteiger partial charge on any atom is 0.306 e. The number of ketones is 3. The van der Waals surface area contributed by atoms with Gasteiger partial charge in [-0.3, -0.25) is 48.1 Å². The van der Waals surface area contributed by atoms with Gasteiger partial charge in [0.2, 0.25) is 17.7 Å². The lowest BCUT2D eigenvalue weighted by Crippen LogP contribution is -2.61. The number of benzene rings is 1. The molecule has 1 aromatic carbocycles. The Hall–Kier alpha value is -6.01. The van der Waals surface area contributed by atoms with Crippen LogP contribution in [-0.4, -0.2) is 218 Å². The summed E-state index contributed by atoms with van der Waals surface area (Å²) >= 11 is 0. The summed E-state index contributed by atoms with van der Waals surface area (Å²) in [5.41, 5.74) is 8.68. The first-order valence-electron chi connectivity index (χ1n) is 35.2. The smallest absolute Gasteiger partial charge is 0.306 e. The first kappa shape index (κ1) is 73.2. The molecule has 0 radical (unpaired) electrons. The van der Waals surface area contributed by atoms with Crippen LogP contribution in [0.5, 0.6) is 0 Å². The second-order valence-corrected chi connectivity index (χ2v) is 28.6. The number of imide groups is 1. The molecule has 10 fully saturated rings. The number of rotatable bonds is 28. The second kappa shape index (κ2) is 32.8. The van der Waals surface area contributed by atoms with Crippen molar-refractivity contribution in [2.24, 2.45) is 23.5 Å². The SMILES string of the molecule is C=C1C[C@@H]2CC[C@@]34CC5O[C@H]6[C@@H](O3)[C@H]3O[C@H](CC[C@@H]3O[C@H]6[C@H]5O4)CC(=O)CC3[C@H](C[C@H]4OC(CC[C@@H]1O2)C[C@@H](C)C4=C)O[C@H](C[C@H](O)CCC(=O)OCc1ccc(CC(=O)[C@H](CC(N)=O)NC(=O)[C@H](C)CC(=O)[C@H](C)NC(=O)CCOCCOCCN2C(=O)C=CC2=O)cc1)[C@@H]3OC. The fourth-order valence-electron chi connectivity index (χ4n) is 15.9. The monoisotopic (exact) mass is 1370 g/mol. The summed E-state index contributed by atoms with van der Waals surface area (Å²) in [4.78, 5) is 117. The quantitative estimate of drug-likeness (QED) is 0.0400. The van der Waals surface area contributed by atoms with Crippen molar-refractivity contribution in [3.63, 3.8) is 0 Å². The van der Waals surface area contributed by atoms with E-state index in [1.165, 1.54) is 26.0 Å². The number of esters is 1. The molecule has 11 aliphatic rings. The molecular weight excluding hydrogens is 1270 g/mol. The molecule has 5 N–H and O–H groups in total. The molecule has 5 amide bonds. The van der Waals surface area contributed by atoms with Gasteiger partial charge >= 0.3 is 5.97 Å². The van der Waals surface area contributed by atoms with E-state index >= 15 is 0 Å². The highest BCUT2D eigenvalue weighted by atomic mass is 16.8. The molecule has 10 saturated heterocycles. The third-order valence-electron chi connectivity index (χ3n) is 21.3. The molecule has 0 aromatic heterocycles. The highest BCUT2D eigenvalue weighted by Crippen LogP contribution is 2.55. The summed E-state index contributed by atoms with van der Waals surface area (Å²) in [5, 5.41) is 16.7. The maximum absolute atomic E-state index is 14.5. The molecule has 26 nitrogen and oxygen atoms in total. The van der Waals surface area contributed by atoms with Gasteiger partial charge in [-0.1, -0.05) is 51.3 Å². The number of nitrogens with zero attached hydrogens (tertiary/aromatic N) is 1. The molecule has 11 heterocycles. The minimum absolute atomic E-state index is 0.00159. The third kappa shape index (κ3) is 18.0. The van der Waals surface area contributed by atoms with Gasteiger partial charge in [0.25, 0.3) is 11.8 Å². The molecule has 11 aliphatic heterocycles. The number of hydrogen-bond donors (Lipinski definition) is 4. The van der Waals surface area contributed by atoms with Crippen LogP contribution in [-0.2, 0) is 113 Å². The van der Waals surface area contributed by atoms with E-state index in [1.807, 2.05) is 0 Å². The average Bonchev–Trinajstić information content (AvgIpc) is 1.55. The van der Waals surface area contributed by atoms with Crippen molar-refractivity contribution < 1.29 is 105 Å². The van der Waals surface area contributed by atoms with E-state index in [4.69, 9.17) is 62.6 Å². The van der Waals surface area contributed by atoms with Gasteiger partial charge in [-0.25, -0.2) is 0 Å². The highest BCUT2D eigenvalue weighted by molar-refractivity contribution is 6.12. The summed E-state index contributed by atoms with van der Waals surface area (Å²) < 4.78 is 77.2. The van der Waals surface area contributed by atoms with Crippen molar-refractivity contribution in [1.29, 1.82) is 0 Å².